The number of rotatable bonds is 4. The number of hydrogen-bond acceptors (Lipinski definition) is 4. The third-order valence-electron chi connectivity index (χ3n) is 3.41. The summed E-state index contributed by atoms with van der Waals surface area (Å²) >= 11 is 0. The fourth-order valence-corrected chi connectivity index (χ4v) is 2.70. The van der Waals surface area contributed by atoms with E-state index in [1.54, 1.807) is 6.20 Å². The first-order valence-electron chi connectivity index (χ1n) is 7.58. The van der Waals surface area contributed by atoms with Gasteiger partial charge in [-0.05, 0) is 39.3 Å². The third-order valence-corrected chi connectivity index (χ3v) is 3.41. The second kappa shape index (κ2) is 6.43. The largest absolute Gasteiger partial charge is 0.385 e. The summed E-state index contributed by atoms with van der Waals surface area (Å²) < 4.78 is 5.84. The molecule has 21 heavy (non-hydrogen) atoms. The highest BCUT2D eigenvalue weighted by Crippen LogP contribution is 2.22. The molecular formula is C16H25N3O2. The number of hydrogen-bond donors (Lipinski definition) is 1. The number of morpholine rings is 1. The summed E-state index contributed by atoms with van der Waals surface area (Å²) in [5, 5.41) is 3.28. The Balaban J connectivity index is 2.12. The second-order valence-corrected chi connectivity index (χ2v) is 6.23. The first-order chi connectivity index (χ1) is 9.91. The topological polar surface area (TPSA) is 54.5 Å². The van der Waals surface area contributed by atoms with Gasteiger partial charge in [-0.25, -0.2) is 0 Å². The van der Waals surface area contributed by atoms with E-state index in [1.807, 2.05) is 37.8 Å². The molecule has 1 atom stereocenters. The zero-order valence-electron chi connectivity index (χ0n) is 13.3. The van der Waals surface area contributed by atoms with Crippen molar-refractivity contribution in [2.75, 3.05) is 25.0 Å². The molecule has 1 aromatic rings. The molecule has 1 fully saturated rings. The van der Waals surface area contributed by atoms with Crippen molar-refractivity contribution >= 4 is 11.6 Å². The van der Waals surface area contributed by atoms with Crippen LogP contribution in [0.4, 0.5) is 5.69 Å². The van der Waals surface area contributed by atoms with Crippen molar-refractivity contribution in [2.45, 2.75) is 45.8 Å². The quantitative estimate of drug-likeness (QED) is 0.926. The molecule has 1 unspecified atom stereocenters. The summed E-state index contributed by atoms with van der Waals surface area (Å²) in [6.45, 7) is 10.2. The van der Waals surface area contributed by atoms with Gasteiger partial charge < -0.3 is 15.0 Å². The van der Waals surface area contributed by atoms with E-state index in [9.17, 15) is 4.79 Å². The molecule has 5 heteroatoms. The van der Waals surface area contributed by atoms with Crippen LogP contribution >= 0.6 is 0 Å². The molecule has 0 bridgehead atoms. The highest BCUT2D eigenvalue weighted by atomic mass is 16.5. The van der Waals surface area contributed by atoms with Gasteiger partial charge in [-0.15, -0.1) is 0 Å². The van der Waals surface area contributed by atoms with Crippen LogP contribution in [0.1, 0.15) is 44.6 Å². The molecule has 1 aromatic heterocycles. The van der Waals surface area contributed by atoms with Crippen LogP contribution in [0.5, 0.6) is 0 Å². The van der Waals surface area contributed by atoms with Crippen LogP contribution in [-0.2, 0) is 4.74 Å². The summed E-state index contributed by atoms with van der Waals surface area (Å²) in [6, 6.07) is 3.71. The Morgan fingerprint density at radius 3 is 3.00 bits per heavy atom. The molecule has 0 aliphatic carbocycles. The maximum atomic E-state index is 12.6. The van der Waals surface area contributed by atoms with Crippen molar-refractivity contribution in [3.63, 3.8) is 0 Å². The SMILES string of the molecule is CCCNc1ccnc(C(=O)N2CC(C)OC(C)(C)C2)c1. The molecule has 1 N–H and O–H groups in total. The molecule has 2 heterocycles. The lowest BCUT2D eigenvalue weighted by Crippen LogP contribution is -2.53. The monoisotopic (exact) mass is 291 g/mol. The molecule has 1 saturated heterocycles. The highest BCUT2D eigenvalue weighted by molar-refractivity contribution is 5.93. The van der Waals surface area contributed by atoms with Crippen LogP contribution in [0.15, 0.2) is 18.3 Å². The number of pyridine rings is 1. The van der Waals surface area contributed by atoms with E-state index in [0.717, 1.165) is 18.7 Å². The van der Waals surface area contributed by atoms with Crippen LogP contribution < -0.4 is 5.32 Å². The fraction of sp³-hybridized carbons (Fsp3) is 0.625. The van der Waals surface area contributed by atoms with Crippen LogP contribution in [0.3, 0.4) is 0 Å². The normalized spacial score (nSPS) is 21.1. The molecule has 2 rings (SSSR count). The smallest absolute Gasteiger partial charge is 0.272 e. The molecule has 0 saturated carbocycles. The minimum absolute atomic E-state index is 0.0293. The van der Waals surface area contributed by atoms with Gasteiger partial charge in [-0.2, -0.15) is 0 Å². The third kappa shape index (κ3) is 4.17. The van der Waals surface area contributed by atoms with Gasteiger partial charge in [-0.3, -0.25) is 9.78 Å². The van der Waals surface area contributed by atoms with Gasteiger partial charge in [0, 0.05) is 31.5 Å². The molecule has 0 aromatic carbocycles. The van der Waals surface area contributed by atoms with Gasteiger partial charge in [0.1, 0.15) is 5.69 Å². The molecule has 116 valence electrons. The Morgan fingerprint density at radius 1 is 1.57 bits per heavy atom. The summed E-state index contributed by atoms with van der Waals surface area (Å²) in [6.07, 6.45) is 2.76. The van der Waals surface area contributed by atoms with Crippen LogP contribution in [0, 0.1) is 0 Å². The minimum atomic E-state index is -0.314. The zero-order valence-corrected chi connectivity index (χ0v) is 13.3. The van der Waals surface area contributed by atoms with Crippen molar-refractivity contribution in [1.82, 2.24) is 9.88 Å². The molecular weight excluding hydrogens is 266 g/mol. The Morgan fingerprint density at radius 2 is 2.33 bits per heavy atom. The average Bonchev–Trinajstić information content (AvgIpc) is 2.42. The summed E-state index contributed by atoms with van der Waals surface area (Å²) in [5.41, 5.74) is 1.11. The zero-order chi connectivity index (χ0) is 15.5. The Kier molecular flexibility index (Phi) is 4.83. The van der Waals surface area contributed by atoms with Crippen molar-refractivity contribution in [3.8, 4) is 0 Å². The van der Waals surface area contributed by atoms with E-state index in [-0.39, 0.29) is 17.6 Å². The minimum Gasteiger partial charge on any atom is -0.385 e. The summed E-state index contributed by atoms with van der Waals surface area (Å²) in [7, 11) is 0. The molecule has 1 aliphatic heterocycles. The van der Waals surface area contributed by atoms with Crippen LogP contribution in [0.2, 0.25) is 0 Å². The van der Waals surface area contributed by atoms with Crippen molar-refractivity contribution in [2.24, 2.45) is 0 Å². The fourth-order valence-electron chi connectivity index (χ4n) is 2.70. The van der Waals surface area contributed by atoms with E-state index >= 15 is 0 Å². The van der Waals surface area contributed by atoms with Gasteiger partial charge in [0.15, 0.2) is 0 Å². The van der Waals surface area contributed by atoms with Gasteiger partial charge in [0.05, 0.1) is 11.7 Å². The Bertz CT molecular complexity index is 502. The van der Waals surface area contributed by atoms with Gasteiger partial charge >= 0.3 is 0 Å². The first-order valence-corrected chi connectivity index (χ1v) is 7.58. The van der Waals surface area contributed by atoms with Crippen molar-refractivity contribution in [1.29, 1.82) is 0 Å². The van der Waals surface area contributed by atoms with E-state index < -0.39 is 0 Å². The van der Waals surface area contributed by atoms with E-state index in [2.05, 4.69) is 17.2 Å². The molecule has 5 nitrogen and oxygen atoms in total. The number of aromatic nitrogens is 1. The van der Waals surface area contributed by atoms with Crippen LogP contribution in [0.25, 0.3) is 0 Å². The maximum absolute atomic E-state index is 12.6. The molecule has 1 amide bonds. The van der Waals surface area contributed by atoms with Gasteiger partial charge in [0.25, 0.3) is 5.91 Å². The summed E-state index contributed by atoms with van der Waals surface area (Å²) in [5.74, 6) is -0.0293. The molecule has 1 aliphatic rings. The Hall–Kier alpha value is -1.62. The van der Waals surface area contributed by atoms with E-state index in [0.29, 0.717) is 18.8 Å². The number of nitrogens with zero attached hydrogens (tertiary/aromatic N) is 2. The predicted molar refractivity (Wildman–Crippen MR) is 83.5 cm³/mol. The van der Waals surface area contributed by atoms with E-state index in [1.165, 1.54) is 0 Å². The lowest BCUT2D eigenvalue weighted by Gasteiger charge is -2.41. The van der Waals surface area contributed by atoms with Crippen molar-refractivity contribution in [3.05, 3.63) is 24.0 Å². The van der Waals surface area contributed by atoms with Gasteiger partial charge in [-0.1, -0.05) is 6.92 Å². The highest BCUT2D eigenvalue weighted by Gasteiger charge is 2.34. The number of carbonyl (C=O) groups excluding carboxylic acids is 1. The molecule has 0 spiro atoms. The molecule has 0 radical (unpaired) electrons. The first kappa shape index (κ1) is 15.8. The number of anilines is 1. The number of carbonyl (C=O) groups is 1. The van der Waals surface area contributed by atoms with Gasteiger partial charge in [0.2, 0.25) is 0 Å². The lowest BCUT2D eigenvalue weighted by atomic mass is 10.1. The second-order valence-electron chi connectivity index (χ2n) is 6.23. The lowest BCUT2D eigenvalue weighted by molar-refractivity contribution is -0.118. The maximum Gasteiger partial charge on any atom is 0.272 e. The Labute approximate surface area is 126 Å². The standard InChI is InChI=1S/C16H25N3O2/c1-5-7-17-13-6-8-18-14(9-13)15(20)19-10-12(2)21-16(3,4)11-19/h6,8-9,12H,5,7,10-11H2,1-4H3,(H,17,18). The van der Waals surface area contributed by atoms with Crippen LogP contribution in [-0.4, -0.2) is 47.1 Å². The number of amides is 1. The van der Waals surface area contributed by atoms with Crippen molar-refractivity contribution < 1.29 is 9.53 Å². The predicted octanol–water partition coefficient (Wildman–Crippen LogP) is 2.54. The average molecular weight is 291 g/mol. The van der Waals surface area contributed by atoms with E-state index in [4.69, 9.17) is 4.74 Å². The number of ether oxygens (including phenoxy) is 1. The number of nitrogens with one attached hydrogen (secondary N) is 1. The summed E-state index contributed by atoms with van der Waals surface area (Å²) in [4.78, 5) is 18.7.